The van der Waals surface area contributed by atoms with Crippen molar-refractivity contribution in [3.8, 4) is 5.75 Å². The summed E-state index contributed by atoms with van der Waals surface area (Å²) in [5.74, 6) is 0.490. The number of phenols is 1. The molecular formula is C20H17N5O2S. The van der Waals surface area contributed by atoms with Crippen LogP contribution in [-0.2, 0) is 0 Å². The first-order valence-corrected chi connectivity index (χ1v) is 9.36. The first kappa shape index (κ1) is 17.9. The van der Waals surface area contributed by atoms with Gasteiger partial charge in [0.15, 0.2) is 5.13 Å². The van der Waals surface area contributed by atoms with Crippen molar-refractivity contribution < 1.29 is 9.90 Å². The van der Waals surface area contributed by atoms with Crippen LogP contribution in [0.25, 0.3) is 10.8 Å². The zero-order valence-electron chi connectivity index (χ0n) is 15.2. The number of rotatable bonds is 4. The van der Waals surface area contributed by atoms with Gasteiger partial charge in [0.25, 0.3) is 5.91 Å². The van der Waals surface area contributed by atoms with Gasteiger partial charge in [0, 0.05) is 29.5 Å². The lowest BCUT2D eigenvalue weighted by atomic mass is 10.1. The zero-order valence-corrected chi connectivity index (χ0v) is 16.0. The summed E-state index contributed by atoms with van der Waals surface area (Å²) in [6.07, 6.45) is 6.68. The van der Waals surface area contributed by atoms with E-state index >= 15 is 0 Å². The van der Waals surface area contributed by atoms with Crippen molar-refractivity contribution in [2.24, 2.45) is 0 Å². The molecule has 0 saturated heterocycles. The van der Waals surface area contributed by atoms with Crippen LogP contribution in [0, 0.1) is 13.8 Å². The lowest BCUT2D eigenvalue weighted by Gasteiger charge is -2.11. The highest BCUT2D eigenvalue weighted by atomic mass is 32.1. The third-order valence-electron chi connectivity index (χ3n) is 4.41. The van der Waals surface area contributed by atoms with Crippen molar-refractivity contribution in [1.29, 1.82) is 0 Å². The van der Waals surface area contributed by atoms with Crippen LogP contribution < -0.4 is 10.6 Å². The fourth-order valence-electron chi connectivity index (χ4n) is 2.85. The number of benzene rings is 1. The van der Waals surface area contributed by atoms with Crippen LogP contribution in [0.5, 0.6) is 5.75 Å². The van der Waals surface area contributed by atoms with Gasteiger partial charge in [-0.2, -0.15) is 0 Å². The Kier molecular flexibility index (Phi) is 4.62. The van der Waals surface area contributed by atoms with Crippen LogP contribution >= 0.6 is 11.3 Å². The first-order chi connectivity index (χ1) is 13.5. The van der Waals surface area contributed by atoms with Crippen LogP contribution in [0.1, 0.15) is 20.8 Å². The number of amides is 1. The number of carbonyl (C=O) groups is 1. The predicted molar refractivity (Wildman–Crippen MR) is 110 cm³/mol. The van der Waals surface area contributed by atoms with Crippen molar-refractivity contribution in [2.45, 2.75) is 13.8 Å². The molecule has 0 unspecified atom stereocenters. The molecule has 4 rings (SSSR count). The second-order valence-corrected chi connectivity index (χ2v) is 7.30. The normalized spacial score (nSPS) is 10.8. The summed E-state index contributed by atoms with van der Waals surface area (Å²) in [5, 5.41) is 18.3. The summed E-state index contributed by atoms with van der Waals surface area (Å²) in [4.78, 5) is 25.8. The van der Waals surface area contributed by atoms with Crippen molar-refractivity contribution in [1.82, 2.24) is 15.0 Å². The number of aromatic hydroxyl groups is 1. The summed E-state index contributed by atoms with van der Waals surface area (Å²) in [6.45, 7) is 3.64. The number of nitrogens with zero attached hydrogens (tertiary/aromatic N) is 3. The Bertz CT molecular complexity index is 1180. The van der Waals surface area contributed by atoms with E-state index in [9.17, 15) is 9.90 Å². The number of hydrogen-bond acceptors (Lipinski definition) is 7. The van der Waals surface area contributed by atoms with Crippen molar-refractivity contribution in [3.05, 3.63) is 65.1 Å². The molecule has 0 saturated carbocycles. The second-order valence-electron chi connectivity index (χ2n) is 6.27. The van der Waals surface area contributed by atoms with Gasteiger partial charge in [-0.05, 0) is 43.0 Å². The second kappa shape index (κ2) is 7.24. The number of pyridine rings is 2. The minimum atomic E-state index is -0.283. The van der Waals surface area contributed by atoms with Crippen LogP contribution in [0.2, 0.25) is 0 Å². The first-order valence-electron chi connectivity index (χ1n) is 8.55. The number of nitrogens with one attached hydrogen (secondary N) is 2. The number of aromatic nitrogens is 3. The molecule has 28 heavy (non-hydrogen) atoms. The van der Waals surface area contributed by atoms with Gasteiger partial charge < -0.3 is 15.7 Å². The van der Waals surface area contributed by atoms with Crippen LogP contribution in [0.4, 0.5) is 16.6 Å². The van der Waals surface area contributed by atoms with E-state index in [1.807, 2.05) is 19.1 Å². The Balaban J connectivity index is 1.56. The highest BCUT2D eigenvalue weighted by Gasteiger charge is 2.15. The van der Waals surface area contributed by atoms with E-state index in [2.05, 4.69) is 25.6 Å². The van der Waals surface area contributed by atoms with E-state index < -0.39 is 0 Å². The summed E-state index contributed by atoms with van der Waals surface area (Å²) < 4.78 is 0. The summed E-state index contributed by atoms with van der Waals surface area (Å²) in [6, 6.07) is 7.19. The summed E-state index contributed by atoms with van der Waals surface area (Å²) in [7, 11) is 0. The van der Waals surface area contributed by atoms with Gasteiger partial charge in [-0.25, -0.2) is 9.97 Å². The molecule has 0 bridgehead atoms. The molecule has 140 valence electrons. The fraction of sp³-hybridized carbons (Fsp3) is 0.100. The van der Waals surface area contributed by atoms with Crippen LogP contribution in [0.15, 0.2) is 49.1 Å². The van der Waals surface area contributed by atoms with Gasteiger partial charge in [-0.1, -0.05) is 17.4 Å². The number of thiazole rings is 1. The molecule has 0 fully saturated rings. The van der Waals surface area contributed by atoms with Gasteiger partial charge in [0.05, 0.1) is 11.9 Å². The minimum absolute atomic E-state index is 0.142. The van der Waals surface area contributed by atoms with E-state index in [0.29, 0.717) is 27.1 Å². The van der Waals surface area contributed by atoms with Crippen molar-refractivity contribution in [3.63, 3.8) is 0 Å². The summed E-state index contributed by atoms with van der Waals surface area (Å²) >= 11 is 1.22. The maximum absolute atomic E-state index is 12.6. The molecule has 0 aliphatic rings. The molecule has 3 heterocycles. The Hall–Kier alpha value is -3.52. The fourth-order valence-corrected chi connectivity index (χ4v) is 3.56. The number of fused-ring (bicyclic) bond motifs is 1. The largest absolute Gasteiger partial charge is 0.508 e. The van der Waals surface area contributed by atoms with Gasteiger partial charge in [-0.15, -0.1) is 0 Å². The number of anilines is 3. The van der Waals surface area contributed by atoms with Gasteiger partial charge in [0.2, 0.25) is 0 Å². The maximum Gasteiger partial charge on any atom is 0.267 e. The predicted octanol–water partition coefficient (Wildman–Crippen LogP) is 4.40. The smallest absolute Gasteiger partial charge is 0.267 e. The molecule has 7 nitrogen and oxygen atoms in total. The lowest BCUT2D eigenvalue weighted by Crippen LogP contribution is -2.12. The van der Waals surface area contributed by atoms with E-state index in [-0.39, 0.29) is 11.7 Å². The third-order valence-corrected chi connectivity index (χ3v) is 5.32. The molecule has 0 radical (unpaired) electrons. The Labute approximate surface area is 165 Å². The van der Waals surface area contributed by atoms with Crippen molar-refractivity contribution >= 4 is 44.7 Å². The molecule has 0 aliphatic carbocycles. The molecule has 1 aromatic carbocycles. The Morgan fingerprint density at radius 1 is 1.07 bits per heavy atom. The summed E-state index contributed by atoms with van der Waals surface area (Å²) in [5.41, 5.74) is 2.11. The number of carbonyl (C=O) groups excluding carboxylic acids is 1. The molecule has 1 amide bonds. The minimum Gasteiger partial charge on any atom is -0.508 e. The van der Waals surface area contributed by atoms with E-state index in [0.717, 1.165) is 16.3 Å². The van der Waals surface area contributed by atoms with Gasteiger partial charge >= 0.3 is 0 Å². The zero-order chi connectivity index (χ0) is 19.7. The SMILES string of the molecule is Cc1ccc(O)c(C)c1NC(=O)c1cnc(Nc2nccc3ccncc23)s1. The average molecular weight is 391 g/mol. The van der Waals surface area contributed by atoms with E-state index in [4.69, 9.17) is 0 Å². The lowest BCUT2D eigenvalue weighted by molar-refractivity contribution is 0.103. The van der Waals surface area contributed by atoms with E-state index in [1.165, 1.54) is 17.5 Å². The number of aryl methyl sites for hydroxylation is 1. The maximum atomic E-state index is 12.6. The molecule has 3 N–H and O–H groups in total. The molecule has 0 spiro atoms. The number of hydrogen-bond donors (Lipinski definition) is 3. The molecular weight excluding hydrogens is 374 g/mol. The van der Waals surface area contributed by atoms with Crippen LogP contribution in [0.3, 0.4) is 0 Å². The third kappa shape index (κ3) is 3.37. The van der Waals surface area contributed by atoms with Gasteiger partial charge in [-0.3, -0.25) is 9.78 Å². The van der Waals surface area contributed by atoms with Gasteiger partial charge in [0.1, 0.15) is 16.4 Å². The quantitative estimate of drug-likeness (QED) is 0.477. The molecule has 0 aliphatic heterocycles. The van der Waals surface area contributed by atoms with Crippen LogP contribution in [-0.4, -0.2) is 26.0 Å². The Morgan fingerprint density at radius 2 is 1.89 bits per heavy atom. The molecule has 3 aromatic heterocycles. The van der Waals surface area contributed by atoms with E-state index in [1.54, 1.807) is 37.6 Å². The standard InChI is InChI=1S/C20H17N5O2S/c1-11-3-4-15(26)12(2)17(11)24-19(27)16-10-23-20(28-16)25-18-14-9-21-7-5-13(14)6-8-22-18/h3-10,26H,1-2H3,(H,24,27)(H,22,23,25). The van der Waals surface area contributed by atoms with Crippen molar-refractivity contribution in [2.75, 3.05) is 10.6 Å². The molecule has 4 aromatic rings. The Morgan fingerprint density at radius 3 is 2.75 bits per heavy atom. The number of phenolic OH excluding ortho intramolecular Hbond substituents is 1. The highest BCUT2D eigenvalue weighted by Crippen LogP contribution is 2.30. The average Bonchev–Trinajstić information content (AvgIpc) is 3.17. The topological polar surface area (TPSA) is 100 Å². The monoisotopic (exact) mass is 391 g/mol. The highest BCUT2D eigenvalue weighted by molar-refractivity contribution is 7.17. The molecule has 0 atom stereocenters. The molecule has 8 heteroatoms.